The molecule has 3 rings (SSSR count). The van der Waals surface area contributed by atoms with E-state index in [1.807, 2.05) is 24.1 Å². The summed E-state index contributed by atoms with van der Waals surface area (Å²) in [6, 6.07) is 6.65. The quantitative estimate of drug-likeness (QED) is 0.905. The Bertz CT molecular complexity index is 730. The van der Waals surface area contributed by atoms with Crippen molar-refractivity contribution >= 4 is 5.91 Å². The topological polar surface area (TPSA) is 50.2 Å². The standard InChI is InChI=1S/C19H25FN4O/c1-23-9-5-7-15(19(23)17-12-21-13-24(17)2)11-22-18(25)10-14-6-3-4-8-16(14)20/h3-4,6,8,12-13,15,19H,5,7,9-11H2,1-2H3,(H,22,25)/t15-,19+/m0/s1. The number of hydrogen-bond acceptors (Lipinski definition) is 3. The molecule has 25 heavy (non-hydrogen) atoms. The highest BCUT2D eigenvalue weighted by Gasteiger charge is 2.32. The van der Waals surface area contributed by atoms with Crippen LogP contribution in [-0.4, -0.2) is 40.5 Å². The zero-order valence-corrected chi connectivity index (χ0v) is 14.8. The fraction of sp³-hybridized carbons (Fsp3) is 0.474. The van der Waals surface area contributed by atoms with E-state index in [2.05, 4.69) is 22.2 Å². The fourth-order valence-corrected chi connectivity index (χ4v) is 3.72. The van der Waals surface area contributed by atoms with Gasteiger partial charge in [-0.25, -0.2) is 9.37 Å². The molecule has 0 spiro atoms. The predicted octanol–water partition coefficient (Wildman–Crippen LogP) is 2.30. The van der Waals surface area contributed by atoms with Gasteiger partial charge in [0, 0.05) is 19.8 Å². The minimum absolute atomic E-state index is 0.0750. The first-order valence-corrected chi connectivity index (χ1v) is 8.73. The Balaban J connectivity index is 1.63. The van der Waals surface area contributed by atoms with E-state index in [9.17, 15) is 9.18 Å². The molecule has 0 unspecified atom stereocenters. The number of nitrogens with one attached hydrogen (secondary N) is 1. The molecule has 1 aliphatic rings. The summed E-state index contributed by atoms with van der Waals surface area (Å²) in [6.07, 6.45) is 5.96. The molecule has 1 N–H and O–H groups in total. The van der Waals surface area contributed by atoms with Crippen LogP contribution in [0, 0.1) is 11.7 Å². The van der Waals surface area contributed by atoms with Crippen LogP contribution >= 0.6 is 0 Å². The van der Waals surface area contributed by atoms with E-state index >= 15 is 0 Å². The molecule has 0 saturated carbocycles. The third kappa shape index (κ3) is 4.07. The van der Waals surface area contributed by atoms with Crippen LogP contribution in [0.1, 0.15) is 30.1 Å². The van der Waals surface area contributed by atoms with Crippen molar-refractivity contribution in [1.82, 2.24) is 19.8 Å². The van der Waals surface area contributed by atoms with Crippen molar-refractivity contribution in [3.05, 3.63) is 53.9 Å². The summed E-state index contributed by atoms with van der Waals surface area (Å²) in [5, 5.41) is 3.00. The lowest BCUT2D eigenvalue weighted by molar-refractivity contribution is -0.120. The molecule has 2 heterocycles. The molecule has 2 atom stereocenters. The summed E-state index contributed by atoms with van der Waals surface area (Å²) in [4.78, 5) is 18.8. The highest BCUT2D eigenvalue weighted by molar-refractivity contribution is 5.78. The van der Waals surface area contributed by atoms with Gasteiger partial charge >= 0.3 is 0 Å². The molecule has 1 fully saturated rings. The number of rotatable bonds is 5. The maximum absolute atomic E-state index is 13.7. The van der Waals surface area contributed by atoms with Gasteiger partial charge in [0.05, 0.1) is 24.5 Å². The third-order valence-electron chi connectivity index (χ3n) is 5.03. The fourth-order valence-electron chi connectivity index (χ4n) is 3.72. The Kier molecular flexibility index (Phi) is 5.48. The Morgan fingerprint density at radius 3 is 2.88 bits per heavy atom. The van der Waals surface area contributed by atoms with Gasteiger partial charge in [-0.3, -0.25) is 9.69 Å². The van der Waals surface area contributed by atoms with E-state index in [-0.39, 0.29) is 24.2 Å². The summed E-state index contributed by atoms with van der Waals surface area (Å²) in [6.45, 7) is 1.63. The Morgan fingerprint density at radius 2 is 2.16 bits per heavy atom. The van der Waals surface area contributed by atoms with Crippen LogP contribution in [-0.2, 0) is 18.3 Å². The van der Waals surface area contributed by atoms with Crippen LogP contribution in [0.15, 0.2) is 36.8 Å². The molecule has 0 bridgehead atoms. The largest absolute Gasteiger partial charge is 0.355 e. The summed E-state index contributed by atoms with van der Waals surface area (Å²) >= 11 is 0. The van der Waals surface area contributed by atoms with E-state index in [1.54, 1.807) is 18.2 Å². The number of halogens is 1. The minimum Gasteiger partial charge on any atom is -0.355 e. The molecule has 5 nitrogen and oxygen atoms in total. The van der Waals surface area contributed by atoms with Gasteiger partial charge < -0.3 is 9.88 Å². The number of aromatic nitrogens is 2. The number of nitrogens with zero attached hydrogens (tertiary/aromatic N) is 3. The van der Waals surface area contributed by atoms with Crippen LogP contribution in [0.5, 0.6) is 0 Å². The highest BCUT2D eigenvalue weighted by atomic mass is 19.1. The minimum atomic E-state index is -0.331. The molecule has 0 aliphatic carbocycles. The van der Waals surface area contributed by atoms with Gasteiger partial charge in [0.2, 0.25) is 5.91 Å². The van der Waals surface area contributed by atoms with Crippen LogP contribution in [0.25, 0.3) is 0 Å². The van der Waals surface area contributed by atoms with Crippen molar-refractivity contribution in [1.29, 1.82) is 0 Å². The summed E-state index contributed by atoms with van der Waals surface area (Å²) in [5.74, 6) is -0.149. The van der Waals surface area contributed by atoms with Gasteiger partial charge in [0.1, 0.15) is 5.82 Å². The number of aryl methyl sites for hydroxylation is 1. The molecule has 2 aromatic rings. The molecule has 1 amide bonds. The van der Waals surface area contributed by atoms with Crippen molar-refractivity contribution < 1.29 is 9.18 Å². The number of hydrogen-bond donors (Lipinski definition) is 1. The zero-order valence-electron chi connectivity index (χ0n) is 14.8. The van der Waals surface area contributed by atoms with Crippen molar-refractivity contribution in [3.63, 3.8) is 0 Å². The summed E-state index contributed by atoms with van der Waals surface area (Å²) < 4.78 is 15.7. The predicted molar refractivity (Wildman–Crippen MR) is 94.4 cm³/mol. The van der Waals surface area contributed by atoms with E-state index in [4.69, 9.17) is 0 Å². The van der Waals surface area contributed by atoms with E-state index in [0.29, 0.717) is 18.0 Å². The third-order valence-corrected chi connectivity index (χ3v) is 5.03. The zero-order chi connectivity index (χ0) is 17.8. The lowest BCUT2D eigenvalue weighted by atomic mass is 9.87. The van der Waals surface area contributed by atoms with Gasteiger partial charge in [-0.15, -0.1) is 0 Å². The van der Waals surface area contributed by atoms with Gasteiger partial charge in [-0.05, 0) is 44.0 Å². The van der Waals surface area contributed by atoms with E-state index in [0.717, 1.165) is 25.1 Å². The van der Waals surface area contributed by atoms with E-state index < -0.39 is 0 Å². The van der Waals surface area contributed by atoms with Gasteiger partial charge in [-0.1, -0.05) is 18.2 Å². The van der Waals surface area contributed by atoms with Crippen LogP contribution < -0.4 is 5.32 Å². The SMILES string of the molecule is CN1CCC[C@@H](CNC(=O)Cc2ccccc2F)[C@@H]1c1cncn1C. The number of amides is 1. The van der Waals surface area contributed by atoms with Crippen LogP contribution in [0.2, 0.25) is 0 Å². The summed E-state index contributed by atoms with van der Waals surface area (Å²) in [7, 11) is 4.11. The molecule has 1 aromatic heterocycles. The first-order valence-electron chi connectivity index (χ1n) is 8.73. The first kappa shape index (κ1) is 17.6. The number of likely N-dealkylation sites (tertiary alicyclic amines) is 1. The molecule has 0 radical (unpaired) electrons. The number of benzene rings is 1. The molecule has 6 heteroatoms. The van der Waals surface area contributed by atoms with Gasteiger partial charge in [-0.2, -0.15) is 0 Å². The van der Waals surface area contributed by atoms with Crippen molar-refractivity contribution in [2.24, 2.45) is 13.0 Å². The monoisotopic (exact) mass is 344 g/mol. The Morgan fingerprint density at radius 1 is 1.36 bits per heavy atom. The van der Waals surface area contributed by atoms with Crippen molar-refractivity contribution in [3.8, 4) is 0 Å². The van der Waals surface area contributed by atoms with E-state index in [1.165, 1.54) is 6.07 Å². The molecule has 1 aromatic carbocycles. The van der Waals surface area contributed by atoms with Crippen molar-refractivity contribution in [2.45, 2.75) is 25.3 Å². The second-order valence-corrected chi connectivity index (χ2v) is 6.83. The maximum atomic E-state index is 13.7. The Hall–Kier alpha value is -2.21. The van der Waals surface area contributed by atoms with Crippen LogP contribution in [0.3, 0.4) is 0 Å². The van der Waals surface area contributed by atoms with Crippen molar-refractivity contribution in [2.75, 3.05) is 20.1 Å². The highest BCUT2D eigenvalue weighted by Crippen LogP contribution is 2.34. The Labute approximate surface area is 147 Å². The molecular weight excluding hydrogens is 319 g/mol. The molecule has 134 valence electrons. The summed E-state index contributed by atoms with van der Waals surface area (Å²) in [5.41, 5.74) is 1.60. The second kappa shape index (κ2) is 7.78. The number of carbonyl (C=O) groups is 1. The lowest BCUT2D eigenvalue weighted by Gasteiger charge is -2.39. The van der Waals surface area contributed by atoms with Gasteiger partial charge in [0.15, 0.2) is 0 Å². The smallest absolute Gasteiger partial charge is 0.224 e. The number of carbonyl (C=O) groups excluding carboxylic acids is 1. The first-order chi connectivity index (χ1) is 12.1. The molecular formula is C19H25FN4O. The average Bonchev–Trinajstić information content (AvgIpc) is 3.01. The van der Waals surface area contributed by atoms with Crippen LogP contribution in [0.4, 0.5) is 4.39 Å². The normalized spacial score (nSPS) is 21.2. The molecule has 1 saturated heterocycles. The van der Waals surface area contributed by atoms with Gasteiger partial charge in [0.25, 0.3) is 0 Å². The lowest BCUT2D eigenvalue weighted by Crippen LogP contribution is -2.42. The second-order valence-electron chi connectivity index (χ2n) is 6.83. The number of imidazole rings is 1. The molecule has 1 aliphatic heterocycles. The average molecular weight is 344 g/mol. The number of piperidine rings is 1. The maximum Gasteiger partial charge on any atom is 0.224 e.